The SMILES string of the molecule is Cc1oc(-c2ccccc2)nc1C(=O)NC1(C(=O)O)CCOCC1. The molecule has 1 aliphatic rings. The number of hydrogen-bond donors (Lipinski definition) is 2. The van der Waals surface area contributed by atoms with Crippen molar-refractivity contribution in [3.05, 3.63) is 41.8 Å². The Morgan fingerprint density at radius 2 is 1.88 bits per heavy atom. The Morgan fingerprint density at radius 1 is 1.21 bits per heavy atom. The number of carboxylic acids is 1. The molecule has 1 saturated heterocycles. The Bertz CT molecular complexity index is 748. The molecule has 0 aliphatic carbocycles. The molecule has 2 N–H and O–H groups in total. The zero-order valence-electron chi connectivity index (χ0n) is 13.2. The lowest BCUT2D eigenvalue weighted by atomic mass is 9.90. The Labute approximate surface area is 138 Å². The van der Waals surface area contributed by atoms with E-state index in [0.29, 0.717) is 24.9 Å². The molecule has 1 aliphatic heterocycles. The van der Waals surface area contributed by atoms with Crippen LogP contribution in [0.3, 0.4) is 0 Å². The molecule has 3 rings (SSSR count). The topological polar surface area (TPSA) is 102 Å². The van der Waals surface area contributed by atoms with Gasteiger partial charge in [-0.15, -0.1) is 0 Å². The molecular formula is C17H18N2O5. The minimum Gasteiger partial charge on any atom is -0.480 e. The summed E-state index contributed by atoms with van der Waals surface area (Å²) in [6, 6.07) is 9.20. The largest absolute Gasteiger partial charge is 0.480 e. The highest BCUT2D eigenvalue weighted by molar-refractivity contribution is 5.97. The van der Waals surface area contributed by atoms with Crippen LogP contribution in [0.25, 0.3) is 11.5 Å². The van der Waals surface area contributed by atoms with Gasteiger partial charge >= 0.3 is 5.97 Å². The first kappa shape index (κ1) is 16.2. The third kappa shape index (κ3) is 3.03. The molecule has 0 unspecified atom stereocenters. The second kappa shape index (κ2) is 6.45. The number of aliphatic carboxylic acids is 1. The molecule has 0 bridgehead atoms. The summed E-state index contributed by atoms with van der Waals surface area (Å²) in [5, 5.41) is 12.1. The minimum atomic E-state index is -1.33. The number of ether oxygens (including phenoxy) is 1. The van der Waals surface area contributed by atoms with Gasteiger partial charge in [0, 0.05) is 31.6 Å². The van der Waals surface area contributed by atoms with Gasteiger partial charge in [-0.25, -0.2) is 9.78 Å². The molecule has 2 heterocycles. The minimum absolute atomic E-state index is 0.0981. The van der Waals surface area contributed by atoms with Crippen LogP contribution in [0.4, 0.5) is 0 Å². The standard InChI is InChI=1S/C17H18N2O5/c1-11-13(18-15(24-11)12-5-3-2-4-6-12)14(20)19-17(16(21)22)7-9-23-10-8-17/h2-6H,7-10H2,1H3,(H,19,20)(H,21,22). The van der Waals surface area contributed by atoms with Gasteiger partial charge in [0.25, 0.3) is 5.91 Å². The predicted octanol–water partition coefficient (Wildman–Crippen LogP) is 2.01. The van der Waals surface area contributed by atoms with Crippen LogP contribution in [0.15, 0.2) is 34.7 Å². The van der Waals surface area contributed by atoms with E-state index in [9.17, 15) is 14.7 Å². The Balaban J connectivity index is 1.85. The fourth-order valence-electron chi connectivity index (χ4n) is 2.70. The van der Waals surface area contributed by atoms with Crippen molar-refractivity contribution in [2.24, 2.45) is 0 Å². The molecule has 7 nitrogen and oxygen atoms in total. The third-order valence-corrected chi connectivity index (χ3v) is 4.14. The van der Waals surface area contributed by atoms with Crippen molar-refractivity contribution in [1.82, 2.24) is 10.3 Å². The van der Waals surface area contributed by atoms with Crippen molar-refractivity contribution in [2.45, 2.75) is 25.3 Å². The van der Waals surface area contributed by atoms with E-state index in [1.165, 1.54) is 0 Å². The highest BCUT2D eigenvalue weighted by atomic mass is 16.5. The number of nitrogens with one attached hydrogen (secondary N) is 1. The highest BCUT2D eigenvalue weighted by Gasteiger charge is 2.42. The quantitative estimate of drug-likeness (QED) is 0.889. The second-order valence-corrected chi connectivity index (χ2v) is 5.74. The number of rotatable bonds is 4. The maximum atomic E-state index is 12.6. The molecule has 1 amide bonds. The van der Waals surface area contributed by atoms with Gasteiger partial charge in [0.1, 0.15) is 11.3 Å². The molecule has 7 heteroatoms. The van der Waals surface area contributed by atoms with Gasteiger partial charge in [-0.3, -0.25) is 4.79 Å². The first-order valence-corrected chi connectivity index (χ1v) is 7.68. The van der Waals surface area contributed by atoms with Crippen molar-refractivity contribution in [3.63, 3.8) is 0 Å². The highest BCUT2D eigenvalue weighted by Crippen LogP contribution is 2.24. The van der Waals surface area contributed by atoms with Gasteiger partial charge in [0.05, 0.1) is 0 Å². The van der Waals surface area contributed by atoms with Crippen molar-refractivity contribution in [2.75, 3.05) is 13.2 Å². The molecule has 24 heavy (non-hydrogen) atoms. The number of amides is 1. The number of oxazole rings is 1. The van der Waals surface area contributed by atoms with Gasteiger partial charge in [-0.1, -0.05) is 18.2 Å². The van der Waals surface area contributed by atoms with Gasteiger partial charge < -0.3 is 19.6 Å². The first-order valence-electron chi connectivity index (χ1n) is 7.68. The average Bonchev–Trinajstić information content (AvgIpc) is 2.98. The van der Waals surface area contributed by atoms with E-state index >= 15 is 0 Å². The van der Waals surface area contributed by atoms with Crippen molar-refractivity contribution >= 4 is 11.9 Å². The Hall–Kier alpha value is -2.67. The van der Waals surface area contributed by atoms with Gasteiger partial charge in [0.2, 0.25) is 5.89 Å². The molecule has 0 saturated carbocycles. The summed E-state index contributed by atoms with van der Waals surface area (Å²) < 4.78 is 10.8. The number of carbonyl (C=O) groups is 2. The lowest BCUT2D eigenvalue weighted by molar-refractivity contribution is -0.148. The predicted molar refractivity (Wildman–Crippen MR) is 84.6 cm³/mol. The molecule has 1 aromatic heterocycles. The van der Waals surface area contributed by atoms with Crippen LogP contribution in [0, 0.1) is 6.92 Å². The first-order chi connectivity index (χ1) is 11.5. The van der Waals surface area contributed by atoms with E-state index in [-0.39, 0.29) is 18.5 Å². The van der Waals surface area contributed by atoms with E-state index in [1.54, 1.807) is 6.92 Å². The number of nitrogens with zero attached hydrogens (tertiary/aromatic N) is 1. The third-order valence-electron chi connectivity index (χ3n) is 4.14. The fourth-order valence-corrected chi connectivity index (χ4v) is 2.70. The zero-order chi connectivity index (χ0) is 17.2. The van der Waals surface area contributed by atoms with E-state index < -0.39 is 17.4 Å². The smallest absolute Gasteiger partial charge is 0.329 e. The average molecular weight is 330 g/mol. The number of aryl methyl sites for hydroxylation is 1. The fraction of sp³-hybridized carbons (Fsp3) is 0.353. The summed E-state index contributed by atoms with van der Waals surface area (Å²) in [4.78, 5) is 28.4. The normalized spacial score (nSPS) is 16.5. The number of carbonyl (C=O) groups excluding carboxylic acids is 1. The lowest BCUT2D eigenvalue weighted by Gasteiger charge is -2.33. The van der Waals surface area contributed by atoms with Gasteiger partial charge in [0.15, 0.2) is 5.69 Å². The van der Waals surface area contributed by atoms with Crippen LogP contribution in [0.1, 0.15) is 29.1 Å². The van der Waals surface area contributed by atoms with E-state index in [4.69, 9.17) is 9.15 Å². The number of carboxylic acid groups (broad SMARTS) is 1. The summed E-state index contributed by atoms with van der Waals surface area (Å²) in [7, 11) is 0. The lowest BCUT2D eigenvalue weighted by Crippen LogP contribution is -2.57. The molecule has 0 atom stereocenters. The Kier molecular flexibility index (Phi) is 4.35. The van der Waals surface area contributed by atoms with Gasteiger partial charge in [-0.05, 0) is 19.1 Å². The Morgan fingerprint density at radius 3 is 2.50 bits per heavy atom. The molecule has 126 valence electrons. The van der Waals surface area contributed by atoms with Crippen LogP contribution in [-0.4, -0.2) is 40.7 Å². The number of benzene rings is 1. The monoisotopic (exact) mass is 330 g/mol. The summed E-state index contributed by atoms with van der Waals surface area (Å²) in [5.41, 5.74) is -0.479. The van der Waals surface area contributed by atoms with E-state index in [2.05, 4.69) is 10.3 Å². The van der Waals surface area contributed by atoms with Crippen molar-refractivity contribution < 1.29 is 23.8 Å². The van der Waals surface area contributed by atoms with Crippen LogP contribution >= 0.6 is 0 Å². The van der Waals surface area contributed by atoms with Crippen LogP contribution in [-0.2, 0) is 9.53 Å². The van der Waals surface area contributed by atoms with Crippen LogP contribution in [0.2, 0.25) is 0 Å². The molecule has 1 fully saturated rings. The second-order valence-electron chi connectivity index (χ2n) is 5.74. The van der Waals surface area contributed by atoms with Crippen LogP contribution in [0.5, 0.6) is 0 Å². The van der Waals surface area contributed by atoms with Crippen molar-refractivity contribution in [3.8, 4) is 11.5 Å². The summed E-state index contributed by atoms with van der Waals surface area (Å²) in [6.45, 7) is 2.21. The zero-order valence-corrected chi connectivity index (χ0v) is 13.2. The van der Waals surface area contributed by atoms with Crippen molar-refractivity contribution in [1.29, 1.82) is 0 Å². The molecule has 0 radical (unpaired) electrons. The van der Waals surface area contributed by atoms with E-state index in [1.807, 2.05) is 30.3 Å². The summed E-state index contributed by atoms with van der Waals surface area (Å²) in [6.07, 6.45) is 0.438. The molecule has 2 aromatic rings. The number of aromatic nitrogens is 1. The molecule has 0 spiro atoms. The molecular weight excluding hydrogens is 312 g/mol. The number of hydrogen-bond acceptors (Lipinski definition) is 5. The summed E-state index contributed by atoms with van der Waals surface area (Å²) in [5.74, 6) is -0.945. The summed E-state index contributed by atoms with van der Waals surface area (Å²) >= 11 is 0. The van der Waals surface area contributed by atoms with Gasteiger partial charge in [-0.2, -0.15) is 0 Å². The molecule has 1 aromatic carbocycles. The maximum absolute atomic E-state index is 12.6. The maximum Gasteiger partial charge on any atom is 0.329 e. The van der Waals surface area contributed by atoms with Crippen LogP contribution < -0.4 is 5.32 Å². The van der Waals surface area contributed by atoms with E-state index in [0.717, 1.165) is 5.56 Å².